The molecule has 0 aliphatic heterocycles. The second-order valence-electron chi connectivity index (χ2n) is 4.95. The van der Waals surface area contributed by atoms with Crippen molar-refractivity contribution in [1.82, 2.24) is 0 Å². The van der Waals surface area contributed by atoms with E-state index in [1.54, 1.807) is 27.7 Å². The Morgan fingerprint density at radius 1 is 1.22 bits per heavy atom. The predicted octanol–water partition coefficient (Wildman–Crippen LogP) is 3.30. The molecule has 0 heterocycles. The number of rotatable bonds is 2. The fourth-order valence-electron chi connectivity index (χ4n) is 1.36. The molecule has 0 unspecified atom stereocenters. The second-order valence-corrected chi connectivity index (χ2v) is 5.36. The molecule has 0 saturated carbocycles. The molecular weight excluding hydrogens is 256 g/mol. The number of ether oxygens (including phenoxy) is 1. The highest BCUT2D eigenvalue weighted by molar-refractivity contribution is 6.32. The molecule has 0 atom stereocenters. The number of benzene rings is 1. The number of esters is 1. The second kappa shape index (κ2) is 4.98. The SMILES string of the molecule is Cc1cc(C(=O)OC(C)(C)C)c(C(=O)O)cc1Cl. The smallest absolute Gasteiger partial charge is 0.339 e. The third kappa shape index (κ3) is 3.47. The minimum absolute atomic E-state index is 0.0133. The maximum Gasteiger partial charge on any atom is 0.339 e. The molecule has 0 spiro atoms. The summed E-state index contributed by atoms with van der Waals surface area (Å²) < 4.78 is 5.16. The molecule has 0 radical (unpaired) electrons. The van der Waals surface area contributed by atoms with Gasteiger partial charge in [0.25, 0.3) is 0 Å². The van der Waals surface area contributed by atoms with Crippen LogP contribution >= 0.6 is 11.6 Å². The van der Waals surface area contributed by atoms with Crippen molar-refractivity contribution in [2.24, 2.45) is 0 Å². The third-order valence-corrected chi connectivity index (χ3v) is 2.56. The van der Waals surface area contributed by atoms with Gasteiger partial charge < -0.3 is 9.84 Å². The minimum atomic E-state index is -1.21. The van der Waals surface area contributed by atoms with Crippen LogP contribution in [0.25, 0.3) is 0 Å². The molecule has 0 fully saturated rings. The van der Waals surface area contributed by atoms with E-state index in [4.69, 9.17) is 21.4 Å². The summed E-state index contributed by atoms with van der Waals surface area (Å²) in [6.07, 6.45) is 0. The van der Waals surface area contributed by atoms with Gasteiger partial charge in [-0.15, -0.1) is 0 Å². The predicted molar refractivity (Wildman–Crippen MR) is 68.3 cm³/mol. The monoisotopic (exact) mass is 270 g/mol. The van der Waals surface area contributed by atoms with Gasteiger partial charge in [0.1, 0.15) is 5.60 Å². The zero-order valence-electron chi connectivity index (χ0n) is 10.7. The number of carbonyl (C=O) groups is 2. The Bertz CT molecular complexity index is 500. The van der Waals surface area contributed by atoms with Crippen molar-refractivity contribution < 1.29 is 19.4 Å². The average molecular weight is 271 g/mol. The van der Waals surface area contributed by atoms with E-state index in [2.05, 4.69) is 0 Å². The summed E-state index contributed by atoms with van der Waals surface area (Å²) >= 11 is 5.85. The van der Waals surface area contributed by atoms with Crippen molar-refractivity contribution in [3.05, 3.63) is 33.8 Å². The lowest BCUT2D eigenvalue weighted by Crippen LogP contribution is -2.25. The number of halogens is 1. The van der Waals surface area contributed by atoms with Crippen LogP contribution in [0.2, 0.25) is 5.02 Å². The minimum Gasteiger partial charge on any atom is -0.478 e. The fourth-order valence-corrected chi connectivity index (χ4v) is 1.52. The van der Waals surface area contributed by atoms with Crippen molar-refractivity contribution in [1.29, 1.82) is 0 Å². The van der Waals surface area contributed by atoms with E-state index < -0.39 is 17.5 Å². The van der Waals surface area contributed by atoms with Gasteiger partial charge in [0.15, 0.2) is 0 Å². The van der Waals surface area contributed by atoms with Crippen molar-refractivity contribution in [2.75, 3.05) is 0 Å². The number of carboxylic acid groups (broad SMARTS) is 1. The summed E-state index contributed by atoms with van der Waals surface area (Å²) in [5.41, 5.74) is -0.192. The highest BCUT2D eigenvalue weighted by atomic mass is 35.5. The first kappa shape index (κ1) is 14.5. The van der Waals surface area contributed by atoms with Gasteiger partial charge in [0.05, 0.1) is 11.1 Å². The first-order valence-corrected chi connectivity index (χ1v) is 5.76. The van der Waals surface area contributed by atoms with E-state index in [0.29, 0.717) is 10.6 Å². The van der Waals surface area contributed by atoms with Gasteiger partial charge in [-0.1, -0.05) is 11.6 Å². The van der Waals surface area contributed by atoms with Crippen LogP contribution < -0.4 is 0 Å². The van der Waals surface area contributed by atoms with Crippen molar-refractivity contribution in [3.63, 3.8) is 0 Å². The molecule has 1 aromatic rings. The maximum absolute atomic E-state index is 11.9. The fraction of sp³-hybridized carbons (Fsp3) is 0.385. The molecular formula is C13H15ClO4. The largest absolute Gasteiger partial charge is 0.478 e. The molecule has 1 N–H and O–H groups in total. The summed E-state index contributed by atoms with van der Waals surface area (Å²) in [6.45, 7) is 6.85. The number of hydrogen-bond acceptors (Lipinski definition) is 3. The normalized spacial score (nSPS) is 11.2. The van der Waals surface area contributed by atoms with Gasteiger partial charge in [-0.05, 0) is 45.4 Å². The molecule has 0 saturated heterocycles. The number of carboxylic acids is 1. The Morgan fingerprint density at radius 3 is 2.22 bits per heavy atom. The highest BCUT2D eigenvalue weighted by Crippen LogP contribution is 2.23. The molecule has 0 aliphatic rings. The zero-order valence-corrected chi connectivity index (χ0v) is 11.5. The van der Waals surface area contributed by atoms with Gasteiger partial charge in [-0.2, -0.15) is 0 Å². The summed E-state index contributed by atoms with van der Waals surface area (Å²) in [5, 5.41) is 9.37. The molecule has 0 bridgehead atoms. The van der Waals surface area contributed by atoms with Crippen molar-refractivity contribution in [2.45, 2.75) is 33.3 Å². The van der Waals surface area contributed by atoms with Crippen LogP contribution in [0.4, 0.5) is 0 Å². The summed E-state index contributed by atoms with van der Waals surface area (Å²) in [5.74, 6) is -1.88. The Morgan fingerprint density at radius 2 is 1.78 bits per heavy atom. The van der Waals surface area contributed by atoms with Gasteiger partial charge in [0, 0.05) is 5.02 Å². The third-order valence-electron chi connectivity index (χ3n) is 2.15. The molecule has 0 aliphatic carbocycles. The van der Waals surface area contributed by atoms with Crippen LogP contribution in [0.15, 0.2) is 12.1 Å². The molecule has 98 valence electrons. The number of aryl methyl sites for hydroxylation is 1. The maximum atomic E-state index is 11.9. The summed E-state index contributed by atoms with van der Waals surface area (Å²) in [4.78, 5) is 23.0. The van der Waals surface area contributed by atoms with Gasteiger partial charge >= 0.3 is 11.9 Å². The van der Waals surface area contributed by atoms with Crippen molar-refractivity contribution >= 4 is 23.5 Å². The molecule has 5 heteroatoms. The van der Waals surface area contributed by atoms with Crippen LogP contribution in [0.1, 0.15) is 47.1 Å². The highest BCUT2D eigenvalue weighted by Gasteiger charge is 2.23. The molecule has 0 aromatic heterocycles. The Labute approximate surface area is 111 Å². The Hall–Kier alpha value is -1.55. The number of carbonyl (C=O) groups excluding carboxylic acids is 1. The Kier molecular flexibility index (Phi) is 4.02. The average Bonchev–Trinajstić information content (AvgIpc) is 2.18. The lowest BCUT2D eigenvalue weighted by atomic mass is 10.0. The quantitative estimate of drug-likeness (QED) is 0.838. The van der Waals surface area contributed by atoms with Gasteiger partial charge in [-0.3, -0.25) is 0 Å². The lowest BCUT2D eigenvalue weighted by molar-refractivity contribution is 0.00657. The Balaban J connectivity index is 3.26. The molecule has 1 aromatic carbocycles. The van der Waals surface area contributed by atoms with E-state index in [-0.39, 0.29) is 11.1 Å². The zero-order chi connectivity index (χ0) is 14.1. The van der Waals surface area contributed by atoms with Gasteiger partial charge in [0.2, 0.25) is 0 Å². The summed E-state index contributed by atoms with van der Waals surface area (Å²) in [7, 11) is 0. The van der Waals surface area contributed by atoms with E-state index in [9.17, 15) is 9.59 Å². The molecule has 0 amide bonds. The van der Waals surface area contributed by atoms with E-state index in [1.165, 1.54) is 12.1 Å². The van der Waals surface area contributed by atoms with Crippen molar-refractivity contribution in [3.8, 4) is 0 Å². The van der Waals surface area contributed by atoms with E-state index in [0.717, 1.165) is 0 Å². The molecule has 1 rings (SSSR count). The van der Waals surface area contributed by atoms with Crippen LogP contribution in [0, 0.1) is 6.92 Å². The van der Waals surface area contributed by atoms with Crippen LogP contribution in [-0.2, 0) is 4.74 Å². The van der Waals surface area contributed by atoms with Crippen LogP contribution in [-0.4, -0.2) is 22.6 Å². The topological polar surface area (TPSA) is 63.6 Å². The van der Waals surface area contributed by atoms with Gasteiger partial charge in [-0.25, -0.2) is 9.59 Å². The first-order chi connectivity index (χ1) is 8.11. The number of aromatic carboxylic acids is 1. The first-order valence-electron chi connectivity index (χ1n) is 5.38. The van der Waals surface area contributed by atoms with Crippen LogP contribution in [0.3, 0.4) is 0 Å². The molecule has 4 nitrogen and oxygen atoms in total. The number of hydrogen-bond donors (Lipinski definition) is 1. The van der Waals surface area contributed by atoms with Crippen LogP contribution in [0.5, 0.6) is 0 Å². The molecule has 18 heavy (non-hydrogen) atoms. The standard InChI is InChI=1S/C13H15ClO4/c1-7-5-9(12(17)18-13(2,3)4)8(11(15)16)6-10(7)14/h5-6H,1-4H3,(H,15,16). The summed E-state index contributed by atoms with van der Waals surface area (Å²) in [6, 6.07) is 2.69. The lowest BCUT2D eigenvalue weighted by Gasteiger charge is -2.20. The van der Waals surface area contributed by atoms with E-state index in [1.807, 2.05) is 0 Å². The van der Waals surface area contributed by atoms with E-state index >= 15 is 0 Å².